The summed E-state index contributed by atoms with van der Waals surface area (Å²) in [6.45, 7) is 9.90. The summed E-state index contributed by atoms with van der Waals surface area (Å²) in [7, 11) is 0. The van der Waals surface area contributed by atoms with Gasteiger partial charge in [-0.25, -0.2) is 0 Å². The summed E-state index contributed by atoms with van der Waals surface area (Å²) in [6.07, 6.45) is -3.12. The van der Waals surface area contributed by atoms with Gasteiger partial charge in [0.05, 0.1) is 10.7 Å². The van der Waals surface area contributed by atoms with Gasteiger partial charge in [-0.1, -0.05) is 25.4 Å². The summed E-state index contributed by atoms with van der Waals surface area (Å²) in [6, 6.07) is -0.985. The number of nitrogens with zero attached hydrogens (tertiary/aromatic N) is 3. The molecule has 148 valence electrons. The van der Waals surface area contributed by atoms with Gasteiger partial charge in [0.1, 0.15) is 6.04 Å². The minimum atomic E-state index is -4.64. The summed E-state index contributed by atoms with van der Waals surface area (Å²) in [4.78, 5) is 14.7. The van der Waals surface area contributed by atoms with Gasteiger partial charge in [-0.3, -0.25) is 9.48 Å². The van der Waals surface area contributed by atoms with Gasteiger partial charge in [0, 0.05) is 18.5 Å². The van der Waals surface area contributed by atoms with Gasteiger partial charge in [-0.2, -0.15) is 18.3 Å². The molecule has 0 spiro atoms. The Hall–Kier alpha value is -1.28. The van der Waals surface area contributed by atoms with Gasteiger partial charge in [0.15, 0.2) is 5.69 Å². The quantitative estimate of drug-likeness (QED) is 0.728. The van der Waals surface area contributed by atoms with E-state index in [0.29, 0.717) is 12.2 Å². The van der Waals surface area contributed by atoms with E-state index in [9.17, 15) is 18.0 Å². The van der Waals surface area contributed by atoms with Crippen LogP contribution in [0.4, 0.5) is 13.2 Å². The van der Waals surface area contributed by atoms with Crippen molar-refractivity contribution in [3.8, 4) is 0 Å². The summed E-state index contributed by atoms with van der Waals surface area (Å²) in [5.41, 5.74) is -0.796. The van der Waals surface area contributed by atoms with Gasteiger partial charge in [-0.15, -0.1) is 0 Å². The lowest BCUT2D eigenvalue weighted by Crippen LogP contribution is -2.44. The first kappa shape index (κ1) is 21.0. The van der Waals surface area contributed by atoms with Gasteiger partial charge in [0.25, 0.3) is 0 Å². The smallest absolute Gasteiger partial charge is 0.351 e. The van der Waals surface area contributed by atoms with Crippen LogP contribution in [0.15, 0.2) is 0 Å². The number of hydrogen-bond donors (Lipinski definition) is 1. The molecular formula is C17H26ClF3N4O. The van der Waals surface area contributed by atoms with Gasteiger partial charge in [0.2, 0.25) is 5.91 Å². The van der Waals surface area contributed by atoms with Gasteiger partial charge < -0.3 is 10.2 Å². The minimum Gasteiger partial charge on any atom is -0.351 e. The van der Waals surface area contributed by atoms with Crippen molar-refractivity contribution < 1.29 is 18.0 Å². The first-order valence-electron chi connectivity index (χ1n) is 8.97. The lowest BCUT2D eigenvalue weighted by atomic mass is 10.2. The van der Waals surface area contributed by atoms with Crippen LogP contribution in [0, 0.1) is 0 Å². The molecule has 0 aliphatic heterocycles. The number of aromatic nitrogens is 2. The van der Waals surface area contributed by atoms with Crippen molar-refractivity contribution >= 4 is 17.5 Å². The number of rotatable bonds is 8. The second kappa shape index (κ2) is 8.17. The van der Waals surface area contributed by atoms with Crippen molar-refractivity contribution in [3.05, 3.63) is 16.4 Å². The molecule has 0 saturated heterocycles. The van der Waals surface area contributed by atoms with Crippen molar-refractivity contribution in [1.29, 1.82) is 0 Å². The lowest BCUT2D eigenvalue weighted by Gasteiger charge is -2.25. The predicted octanol–water partition coefficient (Wildman–Crippen LogP) is 3.84. The van der Waals surface area contributed by atoms with Crippen LogP contribution in [0.5, 0.6) is 0 Å². The van der Waals surface area contributed by atoms with E-state index in [1.165, 1.54) is 0 Å². The highest BCUT2D eigenvalue weighted by atomic mass is 35.5. The number of carbonyl (C=O) groups is 1. The van der Waals surface area contributed by atoms with Crippen molar-refractivity contribution in [2.45, 2.75) is 64.7 Å². The van der Waals surface area contributed by atoms with Crippen LogP contribution in [0.3, 0.4) is 0 Å². The molecular weight excluding hydrogens is 369 g/mol. The Morgan fingerprint density at radius 2 is 1.92 bits per heavy atom. The Balaban J connectivity index is 2.18. The topological polar surface area (TPSA) is 50.2 Å². The number of amides is 1. The third-order valence-electron chi connectivity index (χ3n) is 4.68. The van der Waals surface area contributed by atoms with E-state index in [4.69, 9.17) is 11.6 Å². The molecule has 5 nitrogen and oxygen atoms in total. The summed E-state index contributed by atoms with van der Waals surface area (Å²) in [5.74, 6) is -0.422. The summed E-state index contributed by atoms with van der Waals surface area (Å²) in [5, 5.41) is 6.14. The first-order chi connectivity index (χ1) is 12.1. The maximum atomic E-state index is 13.2. The zero-order valence-electron chi connectivity index (χ0n) is 15.5. The van der Waals surface area contributed by atoms with Crippen LogP contribution in [-0.4, -0.2) is 46.3 Å². The molecule has 1 aromatic heterocycles. The molecule has 1 fully saturated rings. The number of carbonyl (C=O) groups excluding carboxylic acids is 1. The fourth-order valence-electron chi connectivity index (χ4n) is 3.02. The van der Waals surface area contributed by atoms with Crippen molar-refractivity contribution in [2.75, 3.05) is 19.6 Å². The molecule has 1 N–H and O–H groups in total. The Morgan fingerprint density at radius 3 is 2.38 bits per heavy atom. The van der Waals surface area contributed by atoms with E-state index >= 15 is 0 Å². The van der Waals surface area contributed by atoms with E-state index in [0.717, 1.165) is 30.6 Å². The number of likely N-dealkylation sites (N-methyl/N-ethyl adjacent to an activating group) is 1. The molecule has 1 aliphatic rings. The second-order valence-corrected chi connectivity index (χ2v) is 7.21. The molecule has 1 aromatic rings. The van der Waals surface area contributed by atoms with E-state index < -0.39 is 17.9 Å². The second-order valence-electron chi connectivity index (χ2n) is 6.84. The van der Waals surface area contributed by atoms with Crippen LogP contribution in [0.2, 0.25) is 5.02 Å². The number of halogens is 4. The molecule has 1 saturated carbocycles. The monoisotopic (exact) mass is 394 g/mol. The van der Waals surface area contributed by atoms with E-state index in [1.807, 2.05) is 20.8 Å². The standard InChI is InChI=1S/C17H26ClF3N4O/c1-5-24(6-2)9-10(3)22-16(26)11(4)25-14(12-7-8-12)13(18)15(23-25)17(19,20)21/h10-12H,5-9H2,1-4H3,(H,22,26). The molecule has 2 atom stereocenters. The Morgan fingerprint density at radius 1 is 1.35 bits per heavy atom. The average Bonchev–Trinajstić information content (AvgIpc) is 3.33. The number of nitrogens with one attached hydrogen (secondary N) is 1. The molecule has 0 bridgehead atoms. The largest absolute Gasteiger partial charge is 0.436 e. The highest BCUT2D eigenvalue weighted by Gasteiger charge is 2.43. The van der Waals surface area contributed by atoms with Crippen LogP contribution >= 0.6 is 11.6 Å². The van der Waals surface area contributed by atoms with Crippen molar-refractivity contribution in [1.82, 2.24) is 20.0 Å². The molecule has 9 heteroatoms. The Kier molecular flexibility index (Phi) is 6.60. The molecule has 1 amide bonds. The van der Waals surface area contributed by atoms with Crippen molar-refractivity contribution in [2.24, 2.45) is 0 Å². The molecule has 1 heterocycles. The van der Waals surface area contributed by atoms with E-state index in [-0.39, 0.29) is 22.9 Å². The predicted molar refractivity (Wildman–Crippen MR) is 94.3 cm³/mol. The summed E-state index contributed by atoms with van der Waals surface area (Å²) >= 11 is 5.97. The third-order valence-corrected chi connectivity index (χ3v) is 5.05. The minimum absolute atomic E-state index is 0.0607. The zero-order chi connectivity index (χ0) is 19.6. The lowest BCUT2D eigenvalue weighted by molar-refractivity contribution is -0.141. The molecule has 0 radical (unpaired) electrons. The normalized spacial score (nSPS) is 17.4. The maximum absolute atomic E-state index is 13.2. The molecule has 1 aliphatic carbocycles. The van der Waals surface area contributed by atoms with E-state index in [2.05, 4.69) is 15.3 Å². The van der Waals surface area contributed by atoms with Crippen LogP contribution in [-0.2, 0) is 11.0 Å². The number of alkyl halides is 3. The van der Waals surface area contributed by atoms with E-state index in [1.54, 1.807) is 6.92 Å². The van der Waals surface area contributed by atoms with Crippen LogP contribution in [0.25, 0.3) is 0 Å². The highest BCUT2D eigenvalue weighted by molar-refractivity contribution is 6.32. The fourth-order valence-corrected chi connectivity index (χ4v) is 3.40. The van der Waals surface area contributed by atoms with Crippen molar-refractivity contribution in [3.63, 3.8) is 0 Å². The van der Waals surface area contributed by atoms with Gasteiger partial charge >= 0.3 is 6.18 Å². The first-order valence-corrected chi connectivity index (χ1v) is 9.35. The summed E-state index contributed by atoms with van der Waals surface area (Å²) < 4.78 is 40.6. The Labute approximate surface area is 156 Å². The average molecular weight is 395 g/mol. The third kappa shape index (κ3) is 4.71. The van der Waals surface area contributed by atoms with Crippen LogP contribution in [0.1, 0.15) is 63.9 Å². The highest BCUT2D eigenvalue weighted by Crippen LogP contribution is 2.47. The van der Waals surface area contributed by atoms with Crippen LogP contribution < -0.4 is 5.32 Å². The SMILES string of the molecule is CCN(CC)CC(C)NC(=O)C(C)n1nc(C(F)(F)F)c(Cl)c1C1CC1. The molecule has 2 rings (SSSR count). The molecule has 26 heavy (non-hydrogen) atoms. The Bertz CT molecular complexity index is 639. The molecule has 2 unspecified atom stereocenters. The fraction of sp³-hybridized carbons (Fsp3) is 0.765. The maximum Gasteiger partial charge on any atom is 0.436 e. The number of hydrogen-bond acceptors (Lipinski definition) is 3. The van der Waals surface area contributed by atoms with Gasteiger partial charge in [-0.05, 0) is 39.8 Å². The zero-order valence-corrected chi connectivity index (χ0v) is 16.3. The molecule has 0 aromatic carbocycles.